The molecule has 168 valence electrons. The van der Waals surface area contributed by atoms with Crippen LogP contribution in [0, 0.1) is 0 Å². The molecule has 0 radical (unpaired) electrons. The molecule has 1 aliphatic rings. The third kappa shape index (κ3) is 3.03. The number of rotatable bonds is 3. The Morgan fingerprint density at radius 1 is 0.743 bits per heavy atom. The topological polar surface area (TPSA) is 25.2 Å². The summed E-state index contributed by atoms with van der Waals surface area (Å²) in [6, 6.07) is 7.90. The molecule has 7 rings (SSSR count). The first kappa shape index (κ1) is 11.9. The number of furan rings is 1. The van der Waals surface area contributed by atoms with Crippen molar-refractivity contribution in [1.82, 2.24) is 0 Å². The average Bonchev–Trinajstić information content (AvgIpc) is 3.55. The van der Waals surface area contributed by atoms with Crippen LogP contribution in [0.5, 0.6) is 0 Å². The second kappa shape index (κ2) is 7.35. The summed E-state index contributed by atoms with van der Waals surface area (Å²) in [7, 11) is 0. The summed E-state index contributed by atoms with van der Waals surface area (Å²) in [5.41, 5.74) is 3.50. The molecule has 0 fully saturated rings. The van der Waals surface area contributed by atoms with E-state index in [1.54, 1.807) is 0 Å². The van der Waals surface area contributed by atoms with Crippen LogP contribution in [-0.4, -0.2) is 0 Å². The fraction of sp³-hybridized carbons (Fsp3) is 0.0909. The van der Waals surface area contributed by atoms with Crippen LogP contribution in [0.4, 0.5) is 11.4 Å². The zero-order valence-electron chi connectivity index (χ0n) is 29.9. The molecule has 0 aliphatic heterocycles. The number of hydrogen-bond acceptors (Lipinski definition) is 2. The summed E-state index contributed by atoms with van der Waals surface area (Å²) in [5.74, 6) is 0. The summed E-state index contributed by atoms with van der Waals surface area (Å²) in [4.78, 5) is 0. The van der Waals surface area contributed by atoms with E-state index in [4.69, 9.17) is 18.1 Å². The molecular formula is C33H25NO. The number of hydrogen-bond donors (Lipinski definition) is 1. The van der Waals surface area contributed by atoms with Crippen LogP contribution in [0.15, 0.2) is 113 Å². The second-order valence-electron chi connectivity index (χ2n) is 9.07. The van der Waals surface area contributed by atoms with Crippen LogP contribution in [0.1, 0.15) is 40.1 Å². The molecule has 5 aromatic carbocycles. The Hall–Kier alpha value is -4.30. The standard InChI is InChI=1S/C33H25NO/c1-33(2)27-12-7-6-11-24(27)25-17-16-23(20-28(25)33)34-29-13-8-14-31-32(29)26-19-22(15-18-30(26)35-31)21-9-4-3-5-10-21/h3-20,34H,1-2H3/i3D,4D,5D,8D,9D,10D,13D,14D,15D,18D,19D. The van der Waals surface area contributed by atoms with Gasteiger partial charge in [-0.05, 0) is 69.7 Å². The molecule has 2 heteroatoms. The smallest absolute Gasteiger partial charge is 0.137 e. The lowest BCUT2D eigenvalue weighted by Gasteiger charge is -2.22. The normalized spacial score (nSPS) is 18.1. The van der Waals surface area contributed by atoms with Gasteiger partial charge in [0.1, 0.15) is 11.2 Å². The van der Waals surface area contributed by atoms with Crippen molar-refractivity contribution < 1.29 is 19.5 Å². The third-order valence-electron chi connectivity index (χ3n) is 6.68. The van der Waals surface area contributed by atoms with E-state index in [0.29, 0.717) is 5.69 Å². The highest BCUT2D eigenvalue weighted by molar-refractivity contribution is 6.13. The highest BCUT2D eigenvalue weighted by Gasteiger charge is 2.35. The molecule has 0 atom stereocenters. The van der Waals surface area contributed by atoms with Gasteiger partial charge >= 0.3 is 0 Å². The van der Waals surface area contributed by atoms with Gasteiger partial charge in [0.25, 0.3) is 0 Å². The monoisotopic (exact) mass is 462 g/mol. The predicted octanol–water partition coefficient (Wildman–Crippen LogP) is 9.30. The van der Waals surface area contributed by atoms with Gasteiger partial charge in [0, 0.05) is 16.5 Å². The molecule has 1 N–H and O–H groups in total. The van der Waals surface area contributed by atoms with Crippen LogP contribution in [0.3, 0.4) is 0 Å². The number of anilines is 2. The minimum absolute atomic E-state index is 0.0423. The number of fused-ring (bicyclic) bond motifs is 6. The van der Waals surface area contributed by atoms with Crippen LogP contribution in [0.2, 0.25) is 0 Å². The number of nitrogens with one attached hydrogen (secondary N) is 1. The molecule has 6 aromatic rings. The summed E-state index contributed by atoms with van der Waals surface area (Å²) < 4.78 is 99.7. The Bertz CT molecular complexity index is 2310. The molecule has 0 bridgehead atoms. The third-order valence-corrected chi connectivity index (χ3v) is 6.68. The van der Waals surface area contributed by atoms with Gasteiger partial charge in [-0.2, -0.15) is 0 Å². The molecule has 1 aliphatic carbocycles. The lowest BCUT2D eigenvalue weighted by molar-refractivity contribution is 0.660. The molecule has 1 heterocycles. The summed E-state index contributed by atoms with van der Waals surface area (Å²) in [5, 5.41) is 3.20. The van der Waals surface area contributed by atoms with Crippen molar-refractivity contribution in [3.63, 3.8) is 0 Å². The second-order valence-corrected chi connectivity index (χ2v) is 9.07. The molecular weight excluding hydrogens is 426 g/mol. The average molecular weight is 463 g/mol. The Morgan fingerprint density at radius 3 is 2.46 bits per heavy atom. The molecule has 0 spiro atoms. The fourth-order valence-electron chi connectivity index (χ4n) is 4.97. The van der Waals surface area contributed by atoms with Gasteiger partial charge < -0.3 is 9.73 Å². The zero-order chi connectivity index (χ0) is 33.1. The first-order valence-electron chi connectivity index (χ1n) is 16.7. The molecule has 0 unspecified atom stereocenters. The minimum Gasteiger partial charge on any atom is -0.456 e. The largest absolute Gasteiger partial charge is 0.456 e. The van der Waals surface area contributed by atoms with Crippen molar-refractivity contribution >= 4 is 33.3 Å². The maximum Gasteiger partial charge on any atom is 0.137 e. The Morgan fingerprint density at radius 2 is 1.57 bits per heavy atom. The molecule has 1 aromatic heterocycles. The Balaban J connectivity index is 1.52. The molecule has 0 amide bonds. The van der Waals surface area contributed by atoms with E-state index in [-0.39, 0.29) is 44.6 Å². The molecule has 0 saturated heterocycles. The van der Waals surface area contributed by atoms with E-state index in [1.165, 1.54) is 5.56 Å². The van der Waals surface area contributed by atoms with Crippen molar-refractivity contribution in [1.29, 1.82) is 0 Å². The van der Waals surface area contributed by atoms with Crippen LogP contribution in [0.25, 0.3) is 44.2 Å². The van der Waals surface area contributed by atoms with Gasteiger partial charge in [0.15, 0.2) is 0 Å². The maximum atomic E-state index is 9.20. The number of benzene rings is 5. The SMILES string of the molecule is [2H]c1c([2H])c([2H])c(-c2c([2H])c([2H])c3oc4c([2H])c([2H])c([2H])c(Nc5ccc6c(c5)C(C)(C)c5ccccc5-6)c4c3c2[2H])c([2H])c1[2H]. The lowest BCUT2D eigenvalue weighted by Crippen LogP contribution is -2.15. The van der Waals surface area contributed by atoms with Crippen LogP contribution >= 0.6 is 0 Å². The van der Waals surface area contributed by atoms with E-state index in [1.807, 2.05) is 30.3 Å². The van der Waals surface area contributed by atoms with E-state index < -0.39 is 66.0 Å². The van der Waals surface area contributed by atoms with Gasteiger partial charge in [0.05, 0.1) is 26.2 Å². The Kier molecular flexibility index (Phi) is 2.50. The highest BCUT2D eigenvalue weighted by Crippen LogP contribution is 2.49. The summed E-state index contributed by atoms with van der Waals surface area (Å²) >= 11 is 0. The van der Waals surface area contributed by atoms with Crippen molar-refractivity contribution in [2.45, 2.75) is 19.3 Å². The van der Waals surface area contributed by atoms with Crippen molar-refractivity contribution in [3.8, 4) is 22.3 Å². The van der Waals surface area contributed by atoms with Gasteiger partial charge in [0.2, 0.25) is 0 Å². The van der Waals surface area contributed by atoms with Crippen LogP contribution < -0.4 is 5.32 Å². The minimum atomic E-state index is -0.650. The van der Waals surface area contributed by atoms with Gasteiger partial charge in [-0.3, -0.25) is 0 Å². The summed E-state index contributed by atoms with van der Waals surface area (Å²) in [6.45, 7) is 4.24. The molecule has 35 heavy (non-hydrogen) atoms. The van der Waals surface area contributed by atoms with Crippen LogP contribution in [-0.2, 0) is 5.41 Å². The van der Waals surface area contributed by atoms with Gasteiger partial charge in [-0.15, -0.1) is 0 Å². The zero-order valence-corrected chi connectivity index (χ0v) is 18.9. The highest BCUT2D eigenvalue weighted by atomic mass is 16.3. The van der Waals surface area contributed by atoms with E-state index in [0.717, 1.165) is 16.7 Å². The van der Waals surface area contributed by atoms with Crippen molar-refractivity contribution in [3.05, 3.63) is 120 Å². The van der Waals surface area contributed by atoms with E-state index in [2.05, 4.69) is 31.3 Å². The fourth-order valence-corrected chi connectivity index (χ4v) is 4.97. The summed E-state index contributed by atoms with van der Waals surface area (Å²) in [6.07, 6.45) is 0. The van der Waals surface area contributed by atoms with Crippen molar-refractivity contribution in [2.24, 2.45) is 0 Å². The lowest BCUT2D eigenvalue weighted by atomic mass is 9.82. The van der Waals surface area contributed by atoms with E-state index in [9.17, 15) is 1.37 Å². The predicted molar refractivity (Wildman–Crippen MR) is 146 cm³/mol. The van der Waals surface area contributed by atoms with Gasteiger partial charge in [-0.1, -0.05) is 86.5 Å². The van der Waals surface area contributed by atoms with Gasteiger partial charge in [-0.25, -0.2) is 0 Å². The Labute approximate surface area is 220 Å². The molecule has 2 nitrogen and oxygen atoms in total. The molecule has 0 saturated carbocycles. The van der Waals surface area contributed by atoms with E-state index >= 15 is 0 Å². The maximum absolute atomic E-state index is 9.20. The first-order valence-corrected chi connectivity index (χ1v) is 11.2. The first-order chi connectivity index (χ1) is 21.7. The van der Waals surface area contributed by atoms with Crippen molar-refractivity contribution in [2.75, 3.05) is 5.32 Å². The quantitative estimate of drug-likeness (QED) is 0.283.